The average molecular weight is 472 g/mol. The fraction of sp³-hybridized carbons (Fsp3) is 0.111. The molecule has 5 rings (SSSR count). The smallest absolute Gasteiger partial charge is 0.340 e. The Kier molecular flexibility index (Phi) is 5.82. The van der Waals surface area contributed by atoms with E-state index < -0.39 is 11.9 Å². The van der Waals surface area contributed by atoms with Gasteiger partial charge in [0, 0.05) is 5.02 Å². The van der Waals surface area contributed by atoms with Crippen LogP contribution in [0.15, 0.2) is 101 Å². The summed E-state index contributed by atoms with van der Waals surface area (Å²) < 4.78 is 11.4. The third-order valence-corrected chi connectivity index (χ3v) is 5.95. The van der Waals surface area contributed by atoms with Gasteiger partial charge in [-0.3, -0.25) is 0 Å². The summed E-state index contributed by atoms with van der Waals surface area (Å²) in [6.45, 7) is 1.96. The van der Waals surface area contributed by atoms with E-state index in [0.717, 1.165) is 22.5 Å². The number of nitrogens with two attached hydrogens (primary N) is 1. The molecule has 1 atom stereocenters. The van der Waals surface area contributed by atoms with Gasteiger partial charge in [-0.15, -0.1) is 0 Å². The van der Waals surface area contributed by atoms with Crippen LogP contribution in [0.4, 0.5) is 11.4 Å². The molecule has 0 radical (unpaired) electrons. The van der Waals surface area contributed by atoms with Crippen molar-refractivity contribution in [3.05, 3.63) is 112 Å². The van der Waals surface area contributed by atoms with Crippen LogP contribution in [0.2, 0.25) is 5.02 Å². The van der Waals surface area contributed by atoms with Crippen LogP contribution in [0.25, 0.3) is 5.70 Å². The van der Waals surface area contributed by atoms with Crippen LogP contribution in [0, 0.1) is 0 Å². The minimum absolute atomic E-state index is 0.0345. The second-order valence-corrected chi connectivity index (χ2v) is 8.24. The van der Waals surface area contributed by atoms with E-state index in [1.54, 1.807) is 19.1 Å². The van der Waals surface area contributed by atoms with Gasteiger partial charge in [-0.2, -0.15) is 0 Å². The van der Waals surface area contributed by atoms with Gasteiger partial charge in [0.25, 0.3) is 0 Å². The highest BCUT2D eigenvalue weighted by Crippen LogP contribution is 2.45. The number of esters is 1. The first-order chi connectivity index (χ1) is 16.6. The van der Waals surface area contributed by atoms with Gasteiger partial charge in [-0.1, -0.05) is 66.2 Å². The summed E-state index contributed by atoms with van der Waals surface area (Å²) >= 11 is 6.18. The minimum Gasteiger partial charge on any atom is -0.462 e. The zero-order valence-corrected chi connectivity index (χ0v) is 19.2. The van der Waals surface area contributed by atoms with Crippen LogP contribution < -0.4 is 11.1 Å². The lowest BCUT2D eigenvalue weighted by molar-refractivity contribution is -0.139. The van der Waals surface area contributed by atoms with Gasteiger partial charge in [0.05, 0.1) is 35.2 Å². The zero-order valence-electron chi connectivity index (χ0n) is 18.4. The van der Waals surface area contributed by atoms with Crippen molar-refractivity contribution >= 4 is 40.5 Å². The van der Waals surface area contributed by atoms with E-state index in [1.165, 1.54) is 0 Å². The monoisotopic (exact) mass is 471 g/mol. The maximum absolute atomic E-state index is 13.1. The Hall–Kier alpha value is -4.03. The predicted molar refractivity (Wildman–Crippen MR) is 134 cm³/mol. The quantitative estimate of drug-likeness (QED) is 0.473. The second kappa shape index (κ2) is 9.08. The highest BCUT2D eigenvalue weighted by molar-refractivity contribution is 6.30. The summed E-state index contributed by atoms with van der Waals surface area (Å²) in [5.74, 6) is -0.851. The van der Waals surface area contributed by atoms with Gasteiger partial charge >= 0.3 is 5.97 Å². The summed E-state index contributed by atoms with van der Waals surface area (Å²) in [5, 5.41) is 4.12. The molecule has 0 saturated carbocycles. The van der Waals surface area contributed by atoms with E-state index in [4.69, 9.17) is 31.8 Å². The molecule has 6 nitrogen and oxygen atoms in total. The van der Waals surface area contributed by atoms with Crippen molar-refractivity contribution in [1.82, 2.24) is 0 Å². The summed E-state index contributed by atoms with van der Waals surface area (Å²) in [6, 6.07) is 24.8. The minimum atomic E-state index is -0.596. The number of fused-ring (bicyclic) bond motifs is 2. The fourth-order valence-corrected chi connectivity index (χ4v) is 4.32. The normalized spacial score (nSPS) is 17.0. The molecule has 0 bridgehead atoms. The molecule has 2 aliphatic rings. The molecule has 3 N–H and O–H groups in total. The SMILES string of the molecule is CCOC(=O)C1=C(N)OC2=Nc3ccccc3NC(c3ccccc3)=C2C1c1ccc(Cl)cc1. The Bertz CT molecular complexity index is 1350. The molecule has 0 saturated heterocycles. The van der Waals surface area contributed by atoms with E-state index >= 15 is 0 Å². The third-order valence-electron chi connectivity index (χ3n) is 5.70. The van der Waals surface area contributed by atoms with Gasteiger partial charge in [-0.05, 0) is 42.3 Å². The van der Waals surface area contributed by atoms with Crippen LogP contribution in [0.1, 0.15) is 24.0 Å². The number of carbonyl (C=O) groups excluding carboxylic acids is 1. The predicted octanol–water partition coefficient (Wildman–Crippen LogP) is 5.75. The number of carbonyl (C=O) groups is 1. The topological polar surface area (TPSA) is 85.9 Å². The van der Waals surface area contributed by atoms with Crippen molar-refractivity contribution < 1.29 is 14.3 Å². The van der Waals surface area contributed by atoms with E-state index in [1.807, 2.05) is 66.7 Å². The summed E-state index contributed by atoms with van der Waals surface area (Å²) in [7, 11) is 0. The average Bonchev–Trinajstić information content (AvgIpc) is 3.01. The number of nitrogens with one attached hydrogen (secondary N) is 1. The second-order valence-electron chi connectivity index (χ2n) is 7.80. The molecule has 0 aliphatic carbocycles. The number of rotatable bonds is 4. The first-order valence-corrected chi connectivity index (χ1v) is 11.3. The Balaban J connectivity index is 1.83. The van der Waals surface area contributed by atoms with Crippen molar-refractivity contribution in [2.24, 2.45) is 10.7 Å². The summed E-state index contributed by atoms with van der Waals surface area (Å²) in [5.41, 5.74) is 11.2. The van der Waals surface area contributed by atoms with Crippen LogP contribution in [0.3, 0.4) is 0 Å². The number of ether oxygens (including phenoxy) is 2. The molecule has 3 aromatic rings. The maximum Gasteiger partial charge on any atom is 0.340 e. The number of nitrogens with zero attached hydrogens (tertiary/aromatic N) is 1. The molecule has 0 spiro atoms. The first-order valence-electron chi connectivity index (χ1n) is 10.9. The van der Waals surface area contributed by atoms with E-state index in [2.05, 4.69) is 5.32 Å². The Labute approximate surface area is 202 Å². The molecule has 1 unspecified atom stereocenters. The lowest BCUT2D eigenvalue weighted by Crippen LogP contribution is -2.32. The van der Waals surface area contributed by atoms with Gasteiger partial charge in [0.2, 0.25) is 11.8 Å². The molecular weight excluding hydrogens is 450 g/mol. The number of aliphatic imine (C=N–C) groups is 1. The molecule has 2 heterocycles. The van der Waals surface area contributed by atoms with Gasteiger partial charge in [0.1, 0.15) is 5.57 Å². The van der Waals surface area contributed by atoms with Gasteiger partial charge in [0.15, 0.2) is 0 Å². The van der Waals surface area contributed by atoms with Gasteiger partial charge < -0.3 is 20.5 Å². The van der Waals surface area contributed by atoms with Crippen molar-refractivity contribution in [3.63, 3.8) is 0 Å². The van der Waals surface area contributed by atoms with E-state index in [0.29, 0.717) is 22.2 Å². The fourth-order valence-electron chi connectivity index (χ4n) is 4.20. The van der Waals surface area contributed by atoms with E-state index in [9.17, 15) is 4.79 Å². The van der Waals surface area contributed by atoms with Crippen molar-refractivity contribution in [2.45, 2.75) is 12.8 Å². The first kappa shape index (κ1) is 21.8. The molecule has 7 heteroatoms. The molecule has 3 aromatic carbocycles. The molecule has 2 aliphatic heterocycles. The van der Waals surface area contributed by atoms with Crippen molar-refractivity contribution in [2.75, 3.05) is 11.9 Å². The number of anilines is 1. The van der Waals surface area contributed by atoms with Crippen LogP contribution in [-0.2, 0) is 14.3 Å². The molecule has 34 heavy (non-hydrogen) atoms. The number of hydrogen-bond acceptors (Lipinski definition) is 6. The Morgan fingerprint density at radius 3 is 2.50 bits per heavy atom. The Morgan fingerprint density at radius 1 is 1.06 bits per heavy atom. The Morgan fingerprint density at radius 2 is 1.76 bits per heavy atom. The molecule has 170 valence electrons. The molecule has 0 fully saturated rings. The third kappa shape index (κ3) is 3.93. The van der Waals surface area contributed by atoms with Crippen LogP contribution in [-0.4, -0.2) is 18.5 Å². The van der Waals surface area contributed by atoms with Crippen molar-refractivity contribution in [3.8, 4) is 0 Å². The van der Waals surface area contributed by atoms with Crippen molar-refractivity contribution in [1.29, 1.82) is 0 Å². The van der Waals surface area contributed by atoms with Gasteiger partial charge in [-0.25, -0.2) is 9.79 Å². The molecular formula is C27H22ClN3O3. The summed E-state index contributed by atoms with van der Waals surface area (Å²) in [6.07, 6.45) is 0. The van der Waals surface area contributed by atoms with E-state index in [-0.39, 0.29) is 18.1 Å². The van der Waals surface area contributed by atoms with Crippen LogP contribution >= 0.6 is 11.6 Å². The largest absolute Gasteiger partial charge is 0.462 e. The highest BCUT2D eigenvalue weighted by Gasteiger charge is 2.41. The molecule has 0 aromatic heterocycles. The number of halogens is 1. The number of para-hydroxylation sites is 2. The maximum atomic E-state index is 13.1. The lowest BCUT2D eigenvalue weighted by atomic mass is 9.81. The zero-order chi connectivity index (χ0) is 23.7. The number of benzene rings is 3. The molecule has 0 amide bonds. The highest BCUT2D eigenvalue weighted by atomic mass is 35.5. The van der Waals surface area contributed by atoms with Crippen LogP contribution in [0.5, 0.6) is 0 Å². The summed E-state index contributed by atoms with van der Waals surface area (Å²) in [4.78, 5) is 17.9. The number of hydrogen-bond donors (Lipinski definition) is 2. The standard InChI is InChI=1S/C27H22ClN3O3/c1-2-33-27(32)23-21(16-12-14-18(28)15-13-16)22-24(17-8-4-3-5-9-17)30-19-10-6-7-11-20(19)31-26(22)34-25(23)29/h3-15,21,30H,2,29H2,1H3. The lowest BCUT2D eigenvalue weighted by Gasteiger charge is -2.31.